The Morgan fingerprint density at radius 3 is 2.50 bits per heavy atom. The fourth-order valence-electron chi connectivity index (χ4n) is 2.43. The summed E-state index contributed by atoms with van der Waals surface area (Å²) in [6.45, 7) is 0. The molecule has 0 saturated heterocycles. The molecule has 0 aliphatic carbocycles. The highest BCUT2D eigenvalue weighted by atomic mass is 35.5. The molecule has 104 valence electrons. The van der Waals surface area contributed by atoms with Crippen molar-refractivity contribution in [1.82, 2.24) is 0 Å². The van der Waals surface area contributed by atoms with Crippen LogP contribution in [0, 0.1) is 5.82 Å². The predicted molar refractivity (Wildman–Crippen MR) is 77.8 cm³/mol. The number of fused-ring (bicyclic) bond motifs is 1. The fraction of sp³-hybridized carbons (Fsp3) is 0.200. The molecule has 5 heteroatoms. The lowest BCUT2D eigenvalue weighted by molar-refractivity contribution is 0.157. The Balaban J connectivity index is 1.97. The van der Waals surface area contributed by atoms with Gasteiger partial charge in [0, 0.05) is 33.6 Å². The predicted octanol–water partition coefficient (Wildman–Crippen LogP) is 4.66. The molecule has 0 spiro atoms. The first-order valence-corrected chi connectivity index (χ1v) is 6.97. The molecule has 0 radical (unpaired) electrons. The lowest BCUT2D eigenvalue weighted by Crippen LogP contribution is -2.24. The topological polar surface area (TPSA) is 35.2 Å². The average molecular weight is 312 g/mol. The molecule has 2 N–H and O–H groups in total. The summed E-state index contributed by atoms with van der Waals surface area (Å²) in [5.74, 6) is 0.264. The Bertz CT molecular complexity index is 662. The summed E-state index contributed by atoms with van der Waals surface area (Å²) in [7, 11) is 0. The molecule has 20 heavy (non-hydrogen) atoms. The van der Waals surface area contributed by atoms with Gasteiger partial charge >= 0.3 is 0 Å². The first-order valence-electron chi connectivity index (χ1n) is 6.21. The number of hydrogen-bond acceptors (Lipinski definition) is 2. The van der Waals surface area contributed by atoms with Crippen molar-refractivity contribution in [3.63, 3.8) is 0 Å². The van der Waals surface area contributed by atoms with Crippen molar-refractivity contribution in [2.45, 2.75) is 18.6 Å². The zero-order chi connectivity index (χ0) is 14.3. The smallest absolute Gasteiger partial charge is 0.131 e. The van der Waals surface area contributed by atoms with Crippen LogP contribution in [0.3, 0.4) is 0 Å². The van der Waals surface area contributed by atoms with Crippen LogP contribution in [0.25, 0.3) is 0 Å². The second-order valence-corrected chi connectivity index (χ2v) is 5.67. The van der Waals surface area contributed by atoms with Crippen LogP contribution in [-0.2, 0) is 0 Å². The molecule has 2 nitrogen and oxygen atoms in total. The Morgan fingerprint density at radius 1 is 1.05 bits per heavy atom. The molecule has 1 aliphatic rings. The van der Waals surface area contributed by atoms with E-state index < -0.39 is 6.10 Å². The first-order chi connectivity index (χ1) is 9.54. The van der Waals surface area contributed by atoms with E-state index in [1.54, 1.807) is 30.3 Å². The monoisotopic (exact) mass is 311 g/mol. The highest BCUT2D eigenvalue weighted by molar-refractivity contribution is 6.30. The standard InChI is InChI=1S/C15H12Cl2FNO/c16-8-2-4-14-11(5-8)13(19)7-15(20-14)10-3-1-9(17)6-12(10)18/h1-6,13,15H,7,19H2. The quantitative estimate of drug-likeness (QED) is 0.831. The van der Waals surface area contributed by atoms with E-state index in [0.717, 1.165) is 5.56 Å². The maximum atomic E-state index is 14.0. The number of benzene rings is 2. The van der Waals surface area contributed by atoms with E-state index in [-0.39, 0.29) is 11.9 Å². The minimum atomic E-state index is -0.420. The number of ether oxygens (including phenoxy) is 1. The van der Waals surface area contributed by atoms with Gasteiger partial charge in [-0.1, -0.05) is 29.3 Å². The van der Waals surface area contributed by atoms with Crippen molar-refractivity contribution in [2.75, 3.05) is 0 Å². The molecular weight excluding hydrogens is 300 g/mol. The summed E-state index contributed by atoms with van der Waals surface area (Å²) >= 11 is 11.7. The molecule has 1 heterocycles. The van der Waals surface area contributed by atoms with E-state index in [1.165, 1.54) is 6.07 Å². The summed E-state index contributed by atoms with van der Waals surface area (Å²) in [6.07, 6.45) is 0.0715. The molecule has 2 aromatic rings. The molecule has 2 unspecified atom stereocenters. The number of rotatable bonds is 1. The summed E-state index contributed by atoms with van der Waals surface area (Å²) in [6, 6.07) is 9.60. The van der Waals surface area contributed by atoms with Gasteiger partial charge in [0.25, 0.3) is 0 Å². The average Bonchev–Trinajstić information content (AvgIpc) is 2.39. The van der Waals surface area contributed by atoms with Crippen molar-refractivity contribution in [3.8, 4) is 5.75 Å². The van der Waals surface area contributed by atoms with Crippen LogP contribution < -0.4 is 10.5 Å². The Kier molecular flexibility index (Phi) is 3.59. The molecule has 0 saturated carbocycles. The number of halogens is 3. The maximum absolute atomic E-state index is 14.0. The summed E-state index contributed by atoms with van der Waals surface area (Å²) in [5, 5.41) is 0.970. The van der Waals surface area contributed by atoms with Crippen molar-refractivity contribution in [3.05, 3.63) is 63.4 Å². The third-order valence-electron chi connectivity index (χ3n) is 3.42. The van der Waals surface area contributed by atoms with Gasteiger partial charge in [-0.2, -0.15) is 0 Å². The van der Waals surface area contributed by atoms with Crippen molar-refractivity contribution < 1.29 is 9.13 Å². The second kappa shape index (κ2) is 5.24. The number of nitrogens with two attached hydrogens (primary N) is 1. The van der Waals surface area contributed by atoms with Gasteiger partial charge in [-0.15, -0.1) is 0 Å². The van der Waals surface area contributed by atoms with Gasteiger partial charge in [-0.25, -0.2) is 4.39 Å². The van der Waals surface area contributed by atoms with Crippen LogP contribution in [0.5, 0.6) is 5.75 Å². The van der Waals surface area contributed by atoms with Crippen molar-refractivity contribution >= 4 is 23.2 Å². The molecule has 0 bridgehead atoms. The van der Waals surface area contributed by atoms with Crippen LogP contribution in [0.4, 0.5) is 4.39 Å². The summed E-state index contributed by atoms with van der Waals surface area (Å²) in [4.78, 5) is 0. The molecular formula is C15H12Cl2FNO. The van der Waals surface area contributed by atoms with E-state index in [1.807, 2.05) is 0 Å². The van der Waals surface area contributed by atoms with Crippen LogP contribution >= 0.6 is 23.2 Å². The Morgan fingerprint density at radius 2 is 1.75 bits per heavy atom. The minimum Gasteiger partial charge on any atom is -0.485 e. The van der Waals surface area contributed by atoms with Crippen LogP contribution in [0.15, 0.2) is 36.4 Å². The SMILES string of the molecule is NC1CC(c2ccc(Cl)cc2F)Oc2ccc(Cl)cc21. The van der Waals surface area contributed by atoms with E-state index in [9.17, 15) is 4.39 Å². The largest absolute Gasteiger partial charge is 0.485 e. The Labute approximate surface area is 126 Å². The van der Waals surface area contributed by atoms with Crippen LogP contribution in [0.1, 0.15) is 29.7 Å². The van der Waals surface area contributed by atoms with Gasteiger partial charge < -0.3 is 10.5 Å². The minimum absolute atomic E-state index is 0.238. The third-order valence-corrected chi connectivity index (χ3v) is 3.89. The van der Waals surface area contributed by atoms with Crippen molar-refractivity contribution in [1.29, 1.82) is 0 Å². The normalized spacial score (nSPS) is 21.2. The van der Waals surface area contributed by atoms with Gasteiger partial charge in [-0.3, -0.25) is 0 Å². The van der Waals surface area contributed by atoms with E-state index in [0.29, 0.717) is 27.8 Å². The lowest BCUT2D eigenvalue weighted by Gasteiger charge is -2.30. The van der Waals surface area contributed by atoms with E-state index in [4.69, 9.17) is 33.7 Å². The molecule has 0 aromatic heterocycles. The molecule has 3 rings (SSSR count). The molecule has 1 aliphatic heterocycles. The van der Waals surface area contributed by atoms with Crippen LogP contribution in [-0.4, -0.2) is 0 Å². The van der Waals surface area contributed by atoms with Gasteiger partial charge in [0.05, 0.1) is 0 Å². The third kappa shape index (κ3) is 2.49. The molecule has 2 atom stereocenters. The summed E-state index contributed by atoms with van der Waals surface area (Å²) in [5.41, 5.74) is 7.45. The molecule has 0 amide bonds. The Hall–Kier alpha value is -1.29. The molecule has 2 aromatic carbocycles. The van der Waals surface area contributed by atoms with E-state index >= 15 is 0 Å². The summed E-state index contributed by atoms with van der Waals surface area (Å²) < 4.78 is 19.8. The zero-order valence-corrected chi connectivity index (χ0v) is 12.0. The first kappa shape index (κ1) is 13.7. The number of hydrogen-bond donors (Lipinski definition) is 1. The molecule has 0 fully saturated rings. The fourth-order valence-corrected chi connectivity index (χ4v) is 2.77. The van der Waals surface area contributed by atoms with Crippen LogP contribution in [0.2, 0.25) is 10.0 Å². The second-order valence-electron chi connectivity index (χ2n) is 4.80. The van der Waals surface area contributed by atoms with Gasteiger partial charge in [0.15, 0.2) is 0 Å². The highest BCUT2D eigenvalue weighted by Gasteiger charge is 2.29. The van der Waals surface area contributed by atoms with Crippen molar-refractivity contribution in [2.24, 2.45) is 5.73 Å². The zero-order valence-electron chi connectivity index (χ0n) is 10.4. The van der Waals surface area contributed by atoms with Gasteiger partial charge in [-0.05, 0) is 30.3 Å². The van der Waals surface area contributed by atoms with Gasteiger partial charge in [0.2, 0.25) is 0 Å². The maximum Gasteiger partial charge on any atom is 0.131 e. The highest BCUT2D eigenvalue weighted by Crippen LogP contribution is 2.41. The van der Waals surface area contributed by atoms with E-state index in [2.05, 4.69) is 0 Å². The lowest BCUT2D eigenvalue weighted by atomic mass is 9.93. The van der Waals surface area contributed by atoms with Gasteiger partial charge in [0.1, 0.15) is 17.7 Å².